The molecule has 0 heterocycles. The van der Waals surface area contributed by atoms with E-state index in [9.17, 15) is 25.2 Å². The van der Waals surface area contributed by atoms with Crippen LogP contribution in [0.15, 0.2) is 24.3 Å². The maximum Gasteiger partial charge on any atom is 0.249 e. The summed E-state index contributed by atoms with van der Waals surface area (Å²) in [6.07, 6.45) is 84.6. The zero-order valence-corrected chi connectivity index (χ0v) is 52.9. The third-order valence-electron chi connectivity index (χ3n) is 17.1. The SMILES string of the molecule is CCCCCCCCCCCCCCCCCCCCCCC/C=C/CC/C=C/CCCC(O)C(O)C(CO)NC(=O)C(O)CCCCCCCCCCCCCCCCCCCCCCCCCCCCCCCCCC. The maximum atomic E-state index is 12.7. The molecule has 6 heteroatoms. The first-order valence-corrected chi connectivity index (χ1v) is 35.7. The molecule has 0 aromatic heterocycles. The van der Waals surface area contributed by atoms with E-state index in [2.05, 4.69) is 43.5 Å². The first-order valence-electron chi connectivity index (χ1n) is 35.7. The van der Waals surface area contributed by atoms with E-state index in [0.29, 0.717) is 19.3 Å². The smallest absolute Gasteiger partial charge is 0.249 e. The highest BCUT2D eigenvalue weighted by Crippen LogP contribution is 2.20. The second-order valence-corrected chi connectivity index (χ2v) is 24.9. The molecule has 0 spiro atoms. The number of aliphatic hydroxyl groups is 4. The van der Waals surface area contributed by atoms with E-state index in [1.165, 1.54) is 327 Å². The van der Waals surface area contributed by atoms with Gasteiger partial charge in [-0.3, -0.25) is 4.79 Å². The topological polar surface area (TPSA) is 110 Å². The fraction of sp³-hybridized carbons (Fsp3) is 0.931. The molecular weight excluding hydrogens is 959 g/mol. The first kappa shape index (κ1) is 76.8. The lowest BCUT2D eigenvalue weighted by atomic mass is 10.00. The van der Waals surface area contributed by atoms with Crippen molar-refractivity contribution in [3.8, 4) is 0 Å². The van der Waals surface area contributed by atoms with Crippen molar-refractivity contribution < 1.29 is 25.2 Å². The van der Waals surface area contributed by atoms with Crippen LogP contribution in [-0.2, 0) is 4.79 Å². The van der Waals surface area contributed by atoms with Crippen molar-refractivity contribution in [2.24, 2.45) is 0 Å². The van der Waals surface area contributed by atoms with Crippen molar-refractivity contribution in [2.75, 3.05) is 6.61 Å². The van der Waals surface area contributed by atoms with Gasteiger partial charge in [0.2, 0.25) is 5.91 Å². The highest BCUT2D eigenvalue weighted by molar-refractivity contribution is 5.80. The second kappa shape index (κ2) is 66.6. The third kappa shape index (κ3) is 59.4. The van der Waals surface area contributed by atoms with Crippen LogP contribution in [0.1, 0.15) is 399 Å². The molecule has 4 unspecified atom stereocenters. The molecule has 0 radical (unpaired) electrons. The molecule has 464 valence electrons. The van der Waals surface area contributed by atoms with Crippen LogP contribution in [0.25, 0.3) is 0 Å². The minimum Gasteiger partial charge on any atom is -0.394 e. The minimum absolute atomic E-state index is 0.365. The number of hydrogen-bond acceptors (Lipinski definition) is 5. The Morgan fingerprint density at radius 3 is 0.808 bits per heavy atom. The molecule has 1 amide bonds. The van der Waals surface area contributed by atoms with Crippen molar-refractivity contribution in [3.05, 3.63) is 24.3 Å². The van der Waals surface area contributed by atoms with E-state index in [1.54, 1.807) is 0 Å². The molecule has 0 saturated heterocycles. The van der Waals surface area contributed by atoms with Gasteiger partial charge in [-0.05, 0) is 51.4 Å². The fourth-order valence-electron chi connectivity index (χ4n) is 11.6. The van der Waals surface area contributed by atoms with Crippen LogP contribution in [-0.4, -0.2) is 57.3 Å². The van der Waals surface area contributed by atoms with Gasteiger partial charge in [-0.15, -0.1) is 0 Å². The summed E-state index contributed by atoms with van der Waals surface area (Å²) in [6, 6.07) is -1.01. The van der Waals surface area contributed by atoms with Crippen LogP contribution in [0.3, 0.4) is 0 Å². The van der Waals surface area contributed by atoms with Crippen molar-refractivity contribution in [2.45, 2.75) is 423 Å². The zero-order chi connectivity index (χ0) is 56.6. The van der Waals surface area contributed by atoms with Crippen molar-refractivity contribution in [3.63, 3.8) is 0 Å². The molecule has 5 N–H and O–H groups in total. The van der Waals surface area contributed by atoms with Crippen LogP contribution in [0.5, 0.6) is 0 Å². The zero-order valence-electron chi connectivity index (χ0n) is 52.9. The molecule has 78 heavy (non-hydrogen) atoms. The standard InChI is InChI=1S/C72H141NO5/c1-3-5-7-9-11-13-15-17-19-21-23-25-27-29-31-33-35-36-38-40-42-44-46-48-50-52-54-56-58-60-62-64-66-70(76)72(78)73-68(67-74)71(77)69(75)65-63-61-59-57-55-53-51-49-47-45-43-41-39-37-34-32-30-28-26-24-22-20-18-16-14-12-10-8-6-4-2/h49,51,57,59,68-71,74-77H,3-48,50,52-56,58,60-67H2,1-2H3,(H,73,78)/b51-49+,59-57+. The molecule has 0 saturated carbocycles. The average Bonchev–Trinajstić information content (AvgIpc) is 3.45. The first-order chi connectivity index (χ1) is 38.5. The number of nitrogens with one attached hydrogen (secondary N) is 1. The van der Waals surface area contributed by atoms with E-state index >= 15 is 0 Å². The summed E-state index contributed by atoms with van der Waals surface area (Å²) in [7, 11) is 0. The van der Waals surface area contributed by atoms with Gasteiger partial charge in [0.05, 0.1) is 18.8 Å². The monoisotopic (exact) mass is 1100 g/mol. The molecule has 0 aliphatic heterocycles. The van der Waals surface area contributed by atoms with E-state index < -0.39 is 36.9 Å². The molecule has 0 aliphatic carbocycles. The number of amides is 1. The molecule has 0 aromatic rings. The number of allylic oxidation sites excluding steroid dienone is 4. The van der Waals surface area contributed by atoms with Gasteiger partial charge in [0, 0.05) is 0 Å². The third-order valence-corrected chi connectivity index (χ3v) is 17.1. The number of rotatable bonds is 67. The highest BCUT2D eigenvalue weighted by atomic mass is 16.3. The van der Waals surface area contributed by atoms with Gasteiger partial charge < -0.3 is 25.7 Å². The Labute approximate surface area is 488 Å². The average molecular weight is 1100 g/mol. The van der Waals surface area contributed by atoms with E-state index in [4.69, 9.17) is 0 Å². The molecule has 0 rings (SSSR count). The van der Waals surface area contributed by atoms with Crippen LogP contribution in [0.4, 0.5) is 0 Å². The summed E-state index contributed by atoms with van der Waals surface area (Å²) in [4.78, 5) is 12.7. The fourth-order valence-corrected chi connectivity index (χ4v) is 11.6. The Bertz CT molecular complexity index is 1190. The van der Waals surface area contributed by atoms with E-state index in [-0.39, 0.29) is 0 Å². The summed E-state index contributed by atoms with van der Waals surface area (Å²) in [5, 5.41) is 44.2. The lowest BCUT2D eigenvalue weighted by Crippen LogP contribution is -2.53. The summed E-state index contributed by atoms with van der Waals surface area (Å²) >= 11 is 0. The largest absolute Gasteiger partial charge is 0.394 e. The number of hydrogen-bond donors (Lipinski definition) is 5. The van der Waals surface area contributed by atoms with Crippen LogP contribution < -0.4 is 5.32 Å². The van der Waals surface area contributed by atoms with Gasteiger partial charge in [-0.1, -0.05) is 372 Å². The van der Waals surface area contributed by atoms with Crippen LogP contribution in [0, 0.1) is 0 Å². The number of carbonyl (C=O) groups excluding carboxylic acids is 1. The Balaban J connectivity index is 3.56. The molecule has 0 fully saturated rings. The maximum absolute atomic E-state index is 12.7. The van der Waals surface area contributed by atoms with Gasteiger partial charge in [-0.2, -0.15) is 0 Å². The highest BCUT2D eigenvalue weighted by Gasteiger charge is 2.28. The quantitative estimate of drug-likeness (QED) is 0.0308. The molecule has 0 aromatic carbocycles. The summed E-state index contributed by atoms with van der Waals surface area (Å²) in [5.41, 5.74) is 0. The van der Waals surface area contributed by atoms with Gasteiger partial charge in [-0.25, -0.2) is 0 Å². The lowest BCUT2D eigenvalue weighted by molar-refractivity contribution is -0.132. The number of unbranched alkanes of at least 4 members (excludes halogenated alkanes) is 54. The summed E-state index contributed by atoms with van der Waals surface area (Å²) in [6.45, 7) is 4.10. The van der Waals surface area contributed by atoms with Gasteiger partial charge in [0.25, 0.3) is 0 Å². The van der Waals surface area contributed by atoms with E-state index in [0.717, 1.165) is 38.5 Å². The number of aliphatic hydroxyl groups excluding tert-OH is 4. The Morgan fingerprint density at radius 1 is 0.308 bits per heavy atom. The molecular formula is C72H141NO5. The normalized spacial score (nSPS) is 13.6. The molecule has 0 bridgehead atoms. The summed E-state index contributed by atoms with van der Waals surface area (Å²) in [5.74, 6) is -0.589. The Kier molecular flexibility index (Phi) is 65.6. The van der Waals surface area contributed by atoms with Crippen molar-refractivity contribution >= 4 is 5.91 Å². The van der Waals surface area contributed by atoms with E-state index in [1.807, 2.05) is 0 Å². The van der Waals surface area contributed by atoms with Crippen molar-refractivity contribution in [1.29, 1.82) is 0 Å². The predicted octanol–water partition coefficient (Wildman–Crippen LogP) is 22.1. The molecule has 4 atom stereocenters. The predicted molar refractivity (Wildman–Crippen MR) is 344 cm³/mol. The van der Waals surface area contributed by atoms with Crippen molar-refractivity contribution in [1.82, 2.24) is 5.32 Å². The summed E-state index contributed by atoms with van der Waals surface area (Å²) < 4.78 is 0. The minimum atomic E-state index is -1.29. The van der Waals surface area contributed by atoms with Gasteiger partial charge >= 0.3 is 0 Å². The Morgan fingerprint density at radius 2 is 0.538 bits per heavy atom. The second-order valence-electron chi connectivity index (χ2n) is 24.9. The molecule has 6 nitrogen and oxygen atoms in total. The lowest BCUT2D eigenvalue weighted by Gasteiger charge is -2.27. The van der Waals surface area contributed by atoms with Gasteiger partial charge in [0.15, 0.2) is 0 Å². The number of carbonyl (C=O) groups is 1. The van der Waals surface area contributed by atoms with Gasteiger partial charge in [0.1, 0.15) is 12.2 Å². The van der Waals surface area contributed by atoms with Crippen LogP contribution >= 0.6 is 0 Å². The molecule has 0 aliphatic rings. The van der Waals surface area contributed by atoms with Crippen LogP contribution in [0.2, 0.25) is 0 Å². The Hall–Kier alpha value is -1.21.